The quantitative estimate of drug-likeness (QED) is 0.202. The van der Waals surface area contributed by atoms with Gasteiger partial charge in [-0.1, -0.05) is 83.9 Å². The van der Waals surface area contributed by atoms with E-state index in [0.717, 1.165) is 72.8 Å². The standard InChI is InChI=1S/C30H32BrN3O2/c1-2-3-16-34-26(19-32-30(34)25-10-5-4-6-11-25)21-33(17-15-24-9-7-8-12-27(24)31)20-23-13-14-28-29(18-23)36-22-35-28/h4-14,18-19H,2-3,15-17,20-22H2,1H3. The number of unbranched alkanes of at least 4 members (excludes halogenated alkanes) is 1. The van der Waals surface area contributed by atoms with Gasteiger partial charge in [-0.05, 0) is 42.2 Å². The number of hydrogen-bond acceptors (Lipinski definition) is 4. The summed E-state index contributed by atoms with van der Waals surface area (Å²) in [6.45, 7) is 6.07. The summed E-state index contributed by atoms with van der Waals surface area (Å²) in [6, 6.07) is 25.3. The van der Waals surface area contributed by atoms with Gasteiger partial charge in [0.2, 0.25) is 6.79 Å². The molecule has 6 heteroatoms. The number of halogens is 1. The van der Waals surface area contributed by atoms with Crippen molar-refractivity contribution in [3.8, 4) is 22.9 Å². The summed E-state index contributed by atoms with van der Waals surface area (Å²) in [5, 5.41) is 0. The number of benzene rings is 3. The van der Waals surface area contributed by atoms with Crippen LogP contribution in [0.5, 0.6) is 11.5 Å². The van der Waals surface area contributed by atoms with Crippen molar-refractivity contribution in [3.05, 3.63) is 100 Å². The van der Waals surface area contributed by atoms with Gasteiger partial charge in [0.25, 0.3) is 0 Å². The molecule has 0 amide bonds. The van der Waals surface area contributed by atoms with Gasteiger partial charge in [0, 0.05) is 36.2 Å². The molecule has 0 aliphatic carbocycles. The smallest absolute Gasteiger partial charge is 0.231 e. The Kier molecular flexibility index (Phi) is 8.04. The second kappa shape index (κ2) is 11.8. The van der Waals surface area contributed by atoms with Gasteiger partial charge in [-0.2, -0.15) is 0 Å². The molecule has 0 unspecified atom stereocenters. The molecule has 0 fully saturated rings. The maximum atomic E-state index is 5.64. The number of imidazole rings is 1. The van der Waals surface area contributed by atoms with Crippen LogP contribution < -0.4 is 9.47 Å². The van der Waals surface area contributed by atoms with Crippen LogP contribution in [0.1, 0.15) is 36.6 Å². The third-order valence-electron chi connectivity index (χ3n) is 6.59. The highest BCUT2D eigenvalue weighted by Crippen LogP contribution is 2.33. The van der Waals surface area contributed by atoms with Crippen LogP contribution in [0.15, 0.2) is 83.5 Å². The molecule has 0 bridgehead atoms. The van der Waals surface area contributed by atoms with E-state index in [1.807, 2.05) is 6.07 Å². The number of fused-ring (bicyclic) bond motifs is 1. The van der Waals surface area contributed by atoms with Crippen molar-refractivity contribution in [1.82, 2.24) is 14.5 Å². The second-order valence-corrected chi connectivity index (χ2v) is 10.0. The molecule has 186 valence electrons. The Balaban J connectivity index is 1.41. The molecule has 0 N–H and O–H groups in total. The predicted octanol–water partition coefficient (Wildman–Crippen LogP) is 7.09. The SMILES string of the molecule is CCCCn1c(CN(CCc2ccccc2Br)Cc2ccc3c(c2)OCO3)cnc1-c1ccccc1. The fourth-order valence-electron chi connectivity index (χ4n) is 4.64. The highest BCUT2D eigenvalue weighted by molar-refractivity contribution is 9.10. The van der Waals surface area contributed by atoms with Crippen LogP contribution in [-0.4, -0.2) is 27.8 Å². The van der Waals surface area contributed by atoms with Crippen LogP contribution in [0, 0.1) is 0 Å². The summed E-state index contributed by atoms with van der Waals surface area (Å²) in [5.74, 6) is 2.70. The third-order valence-corrected chi connectivity index (χ3v) is 7.36. The molecule has 2 heterocycles. The van der Waals surface area contributed by atoms with Crippen LogP contribution >= 0.6 is 15.9 Å². The monoisotopic (exact) mass is 545 g/mol. The van der Waals surface area contributed by atoms with Gasteiger partial charge < -0.3 is 14.0 Å². The topological polar surface area (TPSA) is 39.5 Å². The molecule has 36 heavy (non-hydrogen) atoms. The minimum absolute atomic E-state index is 0.295. The summed E-state index contributed by atoms with van der Waals surface area (Å²) < 4.78 is 14.7. The van der Waals surface area contributed by atoms with Crippen LogP contribution in [0.25, 0.3) is 11.4 Å². The number of aromatic nitrogens is 2. The molecule has 0 saturated carbocycles. The summed E-state index contributed by atoms with van der Waals surface area (Å²) >= 11 is 3.72. The molecule has 3 aromatic carbocycles. The van der Waals surface area contributed by atoms with Crippen molar-refractivity contribution in [2.75, 3.05) is 13.3 Å². The first kappa shape index (κ1) is 24.6. The lowest BCUT2D eigenvalue weighted by molar-refractivity contribution is 0.174. The molecular weight excluding hydrogens is 514 g/mol. The molecule has 0 radical (unpaired) electrons. The van der Waals surface area contributed by atoms with Crippen molar-refractivity contribution in [2.45, 2.75) is 45.8 Å². The Morgan fingerprint density at radius 3 is 2.58 bits per heavy atom. The molecule has 1 aliphatic heterocycles. The number of ether oxygens (including phenoxy) is 2. The molecule has 0 saturated heterocycles. The molecule has 4 aromatic rings. The summed E-state index contributed by atoms with van der Waals surface area (Å²) in [6.07, 6.45) is 5.29. The van der Waals surface area contributed by atoms with Crippen molar-refractivity contribution in [2.24, 2.45) is 0 Å². The fourth-order valence-corrected chi connectivity index (χ4v) is 5.12. The first-order valence-electron chi connectivity index (χ1n) is 12.7. The summed E-state index contributed by atoms with van der Waals surface area (Å²) in [5.41, 5.74) is 4.94. The predicted molar refractivity (Wildman–Crippen MR) is 147 cm³/mol. The van der Waals surface area contributed by atoms with Gasteiger partial charge in [-0.3, -0.25) is 4.90 Å². The lowest BCUT2D eigenvalue weighted by Crippen LogP contribution is -2.27. The molecular formula is C30H32BrN3O2. The molecule has 5 rings (SSSR count). The summed E-state index contributed by atoms with van der Waals surface area (Å²) in [4.78, 5) is 7.38. The zero-order valence-corrected chi connectivity index (χ0v) is 22.3. The number of nitrogens with zero attached hydrogens (tertiary/aromatic N) is 3. The maximum Gasteiger partial charge on any atom is 0.231 e. The minimum Gasteiger partial charge on any atom is -0.454 e. The molecule has 1 aliphatic rings. The lowest BCUT2D eigenvalue weighted by atomic mass is 10.1. The second-order valence-electron chi connectivity index (χ2n) is 9.18. The van der Waals surface area contributed by atoms with Crippen molar-refractivity contribution < 1.29 is 9.47 Å². The van der Waals surface area contributed by atoms with Crippen molar-refractivity contribution in [1.29, 1.82) is 0 Å². The van der Waals surface area contributed by atoms with E-state index in [0.29, 0.717) is 6.79 Å². The van der Waals surface area contributed by atoms with Crippen molar-refractivity contribution in [3.63, 3.8) is 0 Å². The first-order chi connectivity index (χ1) is 17.7. The lowest BCUT2D eigenvalue weighted by Gasteiger charge is -2.24. The van der Waals surface area contributed by atoms with Gasteiger partial charge in [0.05, 0.1) is 11.9 Å². The van der Waals surface area contributed by atoms with Gasteiger partial charge in [0.15, 0.2) is 11.5 Å². The van der Waals surface area contributed by atoms with Crippen molar-refractivity contribution >= 4 is 15.9 Å². The van der Waals surface area contributed by atoms with Crippen LogP contribution in [-0.2, 0) is 26.1 Å². The molecule has 1 aromatic heterocycles. The van der Waals surface area contributed by atoms with Gasteiger partial charge in [0.1, 0.15) is 5.82 Å². The van der Waals surface area contributed by atoms with Crippen LogP contribution in [0.4, 0.5) is 0 Å². The van der Waals surface area contributed by atoms with E-state index in [1.54, 1.807) is 0 Å². The number of hydrogen-bond donors (Lipinski definition) is 0. The number of rotatable bonds is 11. The molecule has 0 spiro atoms. The van der Waals surface area contributed by atoms with E-state index in [2.05, 4.69) is 105 Å². The van der Waals surface area contributed by atoms with Gasteiger partial charge in [-0.25, -0.2) is 4.98 Å². The van der Waals surface area contributed by atoms with Gasteiger partial charge in [-0.15, -0.1) is 0 Å². The van der Waals surface area contributed by atoms with E-state index >= 15 is 0 Å². The van der Waals surface area contributed by atoms with Gasteiger partial charge >= 0.3 is 0 Å². The summed E-state index contributed by atoms with van der Waals surface area (Å²) in [7, 11) is 0. The largest absolute Gasteiger partial charge is 0.454 e. The average molecular weight is 547 g/mol. The molecule has 0 atom stereocenters. The Labute approximate surface area is 221 Å². The average Bonchev–Trinajstić information content (AvgIpc) is 3.54. The molecule has 5 nitrogen and oxygen atoms in total. The normalized spacial score (nSPS) is 12.4. The minimum atomic E-state index is 0.295. The Hall–Kier alpha value is -3.09. The van der Waals surface area contributed by atoms with Crippen LogP contribution in [0.2, 0.25) is 0 Å². The fraction of sp³-hybridized carbons (Fsp3) is 0.300. The third kappa shape index (κ3) is 5.82. The van der Waals surface area contributed by atoms with E-state index in [9.17, 15) is 0 Å². The van der Waals surface area contributed by atoms with E-state index in [4.69, 9.17) is 14.5 Å². The van der Waals surface area contributed by atoms with Crippen LogP contribution in [0.3, 0.4) is 0 Å². The van der Waals surface area contributed by atoms with E-state index in [-0.39, 0.29) is 0 Å². The Morgan fingerprint density at radius 1 is 0.944 bits per heavy atom. The zero-order valence-electron chi connectivity index (χ0n) is 20.7. The Morgan fingerprint density at radius 2 is 1.75 bits per heavy atom. The zero-order chi connectivity index (χ0) is 24.7. The van der Waals surface area contributed by atoms with E-state index in [1.165, 1.54) is 16.8 Å². The maximum absolute atomic E-state index is 5.64. The highest BCUT2D eigenvalue weighted by Gasteiger charge is 2.18. The highest BCUT2D eigenvalue weighted by atomic mass is 79.9. The first-order valence-corrected chi connectivity index (χ1v) is 13.4. The Bertz CT molecular complexity index is 1290. The van der Waals surface area contributed by atoms with E-state index < -0.39 is 0 Å².